The van der Waals surface area contributed by atoms with Crippen molar-refractivity contribution in [3.63, 3.8) is 0 Å². The highest BCUT2D eigenvalue weighted by molar-refractivity contribution is 6.31. The molecular formula is C42H45ClN6O2. The summed E-state index contributed by atoms with van der Waals surface area (Å²) in [5.41, 5.74) is 6.41. The number of aromatic nitrogens is 1. The molecule has 0 bridgehead atoms. The molecule has 0 aliphatic carbocycles. The van der Waals surface area contributed by atoms with Gasteiger partial charge < -0.3 is 16.0 Å². The van der Waals surface area contributed by atoms with Gasteiger partial charge in [-0.15, -0.1) is 0 Å². The number of amides is 2. The van der Waals surface area contributed by atoms with Crippen LogP contribution in [0.3, 0.4) is 0 Å². The topological polar surface area (TPSA) is 89.6 Å². The zero-order valence-electron chi connectivity index (χ0n) is 28.9. The van der Waals surface area contributed by atoms with Gasteiger partial charge in [0.25, 0.3) is 5.91 Å². The SMILES string of the molecule is O=C(Cc1cnc2cc(Cl)ccc2c1Nc1ccc(C(=O)NC2CCN(Cc3ccccc3)CC2)cc1)NC1CCN(Cc2ccccc2)CC1. The quantitative estimate of drug-likeness (QED) is 0.134. The average molecular weight is 701 g/mol. The van der Waals surface area contributed by atoms with E-state index in [9.17, 15) is 9.59 Å². The second-order valence-electron chi connectivity index (χ2n) is 13.8. The van der Waals surface area contributed by atoms with Crippen molar-refractivity contribution in [2.75, 3.05) is 31.5 Å². The number of halogens is 1. The van der Waals surface area contributed by atoms with Crippen LogP contribution in [0.5, 0.6) is 0 Å². The lowest BCUT2D eigenvalue weighted by molar-refractivity contribution is -0.121. The van der Waals surface area contributed by atoms with E-state index in [2.05, 4.69) is 79.3 Å². The average Bonchev–Trinajstić information content (AvgIpc) is 3.15. The molecule has 5 aromatic rings. The lowest BCUT2D eigenvalue weighted by atomic mass is 10.0. The Bertz CT molecular complexity index is 1920. The molecular weight excluding hydrogens is 656 g/mol. The van der Waals surface area contributed by atoms with Gasteiger partial charge in [0.15, 0.2) is 0 Å². The number of hydrogen-bond acceptors (Lipinski definition) is 6. The summed E-state index contributed by atoms with van der Waals surface area (Å²) in [5, 5.41) is 11.5. The van der Waals surface area contributed by atoms with Gasteiger partial charge in [-0.3, -0.25) is 24.4 Å². The lowest BCUT2D eigenvalue weighted by Crippen LogP contribution is -2.44. The highest BCUT2D eigenvalue weighted by Crippen LogP contribution is 2.31. The second-order valence-corrected chi connectivity index (χ2v) is 14.2. The van der Waals surface area contributed by atoms with E-state index in [-0.39, 0.29) is 30.3 Å². The van der Waals surface area contributed by atoms with Crippen molar-refractivity contribution < 1.29 is 9.59 Å². The van der Waals surface area contributed by atoms with E-state index in [1.807, 2.05) is 54.6 Å². The van der Waals surface area contributed by atoms with Gasteiger partial charge in [0, 0.05) is 84.8 Å². The molecule has 7 rings (SSSR count). The molecule has 3 N–H and O–H groups in total. The fourth-order valence-corrected chi connectivity index (χ4v) is 7.38. The van der Waals surface area contributed by atoms with E-state index < -0.39 is 0 Å². The summed E-state index contributed by atoms with van der Waals surface area (Å²) in [7, 11) is 0. The minimum Gasteiger partial charge on any atom is -0.355 e. The van der Waals surface area contributed by atoms with Crippen molar-refractivity contribution in [2.24, 2.45) is 0 Å². The van der Waals surface area contributed by atoms with Crippen molar-refractivity contribution in [3.8, 4) is 0 Å². The van der Waals surface area contributed by atoms with Crippen LogP contribution in [0.15, 0.2) is 109 Å². The Hall–Kier alpha value is -4.76. The van der Waals surface area contributed by atoms with Crippen molar-refractivity contribution in [3.05, 3.63) is 137 Å². The Morgan fingerprint density at radius 3 is 1.86 bits per heavy atom. The van der Waals surface area contributed by atoms with Crippen LogP contribution in [0.2, 0.25) is 5.02 Å². The molecule has 3 heterocycles. The molecule has 262 valence electrons. The minimum atomic E-state index is -0.0599. The number of carbonyl (C=O) groups is 2. The first kappa shape index (κ1) is 34.7. The molecule has 9 heteroatoms. The predicted octanol–water partition coefficient (Wildman–Crippen LogP) is 7.35. The maximum absolute atomic E-state index is 13.4. The highest BCUT2D eigenvalue weighted by atomic mass is 35.5. The van der Waals surface area contributed by atoms with Gasteiger partial charge in [-0.25, -0.2) is 0 Å². The molecule has 2 saturated heterocycles. The molecule has 0 radical (unpaired) electrons. The zero-order valence-corrected chi connectivity index (χ0v) is 29.6. The van der Waals surface area contributed by atoms with Crippen LogP contribution in [0.25, 0.3) is 10.9 Å². The van der Waals surface area contributed by atoms with Gasteiger partial charge in [-0.2, -0.15) is 0 Å². The van der Waals surface area contributed by atoms with Gasteiger partial charge in [-0.05, 0) is 79.3 Å². The fourth-order valence-electron chi connectivity index (χ4n) is 7.21. The van der Waals surface area contributed by atoms with Crippen molar-refractivity contribution in [2.45, 2.75) is 57.3 Å². The Morgan fingerprint density at radius 2 is 1.27 bits per heavy atom. The normalized spacial score (nSPS) is 16.2. The summed E-state index contributed by atoms with van der Waals surface area (Å²) < 4.78 is 0. The van der Waals surface area contributed by atoms with Gasteiger partial charge in [0.2, 0.25) is 5.91 Å². The molecule has 51 heavy (non-hydrogen) atoms. The van der Waals surface area contributed by atoms with Gasteiger partial charge >= 0.3 is 0 Å². The summed E-state index contributed by atoms with van der Waals surface area (Å²) in [5.74, 6) is -0.0806. The summed E-state index contributed by atoms with van der Waals surface area (Å²) in [6.07, 6.45) is 5.66. The number of likely N-dealkylation sites (tertiary alicyclic amines) is 2. The Kier molecular flexibility index (Phi) is 11.2. The second kappa shape index (κ2) is 16.5. The number of piperidine rings is 2. The first-order chi connectivity index (χ1) is 24.9. The molecule has 1 aromatic heterocycles. The van der Waals surface area contributed by atoms with Crippen molar-refractivity contribution >= 4 is 45.7 Å². The molecule has 0 unspecified atom stereocenters. The van der Waals surface area contributed by atoms with Crippen LogP contribution >= 0.6 is 11.6 Å². The van der Waals surface area contributed by atoms with Crippen LogP contribution < -0.4 is 16.0 Å². The Morgan fingerprint density at radius 1 is 0.706 bits per heavy atom. The van der Waals surface area contributed by atoms with Crippen LogP contribution in [0, 0.1) is 0 Å². The number of nitrogens with zero attached hydrogens (tertiary/aromatic N) is 3. The number of rotatable bonds is 11. The number of benzene rings is 4. The lowest BCUT2D eigenvalue weighted by Gasteiger charge is -2.32. The van der Waals surface area contributed by atoms with E-state index in [4.69, 9.17) is 11.6 Å². The maximum Gasteiger partial charge on any atom is 0.251 e. The van der Waals surface area contributed by atoms with E-state index in [1.165, 1.54) is 11.1 Å². The van der Waals surface area contributed by atoms with Crippen LogP contribution in [0.4, 0.5) is 11.4 Å². The summed E-state index contributed by atoms with van der Waals surface area (Å²) in [6, 6.07) is 34.5. The molecule has 8 nitrogen and oxygen atoms in total. The van der Waals surface area contributed by atoms with Crippen molar-refractivity contribution in [1.82, 2.24) is 25.4 Å². The van der Waals surface area contributed by atoms with E-state index in [0.717, 1.165) is 92.8 Å². The van der Waals surface area contributed by atoms with Gasteiger partial charge in [0.1, 0.15) is 0 Å². The van der Waals surface area contributed by atoms with E-state index in [0.29, 0.717) is 10.6 Å². The molecule has 0 spiro atoms. The number of carbonyl (C=O) groups excluding carboxylic acids is 2. The third-order valence-corrected chi connectivity index (χ3v) is 10.3. The van der Waals surface area contributed by atoms with E-state index >= 15 is 0 Å². The third kappa shape index (κ3) is 9.33. The largest absolute Gasteiger partial charge is 0.355 e. The molecule has 2 amide bonds. The summed E-state index contributed by atoms with van der Waals surface area (Å²) >= 11 is 6.31. The maximum atomic E-state index is 13.4. The zero-order chi connectivity index (χ0) is 35.0. The third-order valence-electron chi connectivity index (χ3n) is 10.1. The number of pyridine rings is 1. The highest BCUT2D eigenvalue weighted by Gasteiger charge is 2.23. The summed E-state index contributed by atoms with van der Waals surface area (Å²) in [4.78, 5) is 36.1. The van der Waals surface area contributed by atoms with Crippen LogP contribution in [-0.2, 0) is 24.3 Å². The number of hydrogen-bond donors (Lipinski definition) is 3. The van der Waals surface area contributed by atoms with E-state index in [1.54, 1.807) is 6.20 Å². The van der Waals surface area contributed by atoms with Crippen LogP contribution in [-0.4, -0.2) is 64.9 Å². The van der Waals surface area contributed by atoms with Crippen LogP contribution in [0.1, 0.15) is 52.7 Å². The number of nitrogens with one attached hydrogen (secondary N) is 3. The molecule has 2 aliphatic heterocycles. The predicted molar refractivity (Wildman–Crippen MR) is 205 cm³/mol. The van der Waals surface area contributed by atoms with Gasteiger partial charge in [-0.1, -0.05) is 72.3 Å². The monoisotopic (exact) mass is 700 g/mol. The molecule has 0 atom stereocenters. The molecule has 0 saturated carbocycles. The Balaban J connectivity index is 0.955. The molecule has 4 aromatic carbocycles. The first-order valence-corrected chi connectivity index (χ1v) is 18.4. The molecule has 2 fully saturated rings. The smallest absolute Gasteiger partial charge is 0.251 e. The molecule has 2 aliphatic rings. The standard InChI is InChI=1S/C42H45ClN6O2/c43-34-13-16-38-39(26-34)44-27-33(25-40(50)45-36-17-21-48(22-18-36)28-30-7-3-1-4-8-30)41(38)46-35-14-11-32(12-15-35)42(51)47-37-19-23-49(24-20-37)29-31-9-5-2-6-10-31/h1-16,26-27,36-37H,17-25,28-29H2,(H,44,46)(H,45,50)(H,47,51). The number of fused-ring (bicyclic) bond motifs is 1. The van der Waals surface area contributed by atoms with Gasteiger partial charge in [0.05, 0.1) is 17.6 Å². The Labute approximate surface area is 305 Å². The number of anilines is 2. The summed E-state index contributed by atoms with van der Waals surface area (Å²) in [6.45, 7) is 5.70. The fraction of sp³-hybridized carbons (Fsp3) is 0.310. The first-order valence-electron chi connectivity index (χ1n) is 18.0. The minimum absolute atomic E-state index is 0.0207. The van der Waals surface area contributed by atoms with Crippen molar-refractivity contribution in [1.29, 1.82) is 0 Å².